The van der Waals surface area contributed by atoms with Crippen molar-refractivity contribution in [2.45, 2.75) is 51.6 Å². The van der Waals surface area contributed by atoms with Gasteiger partial charge in [0.05, 0.1) is 6.54 Å². The molecule has 2 N–H and O–H groups in total. The monoisotopic (exact) mass is 228 g/mol. The lowest BCUT2D eigenvalue weighted by molar-refractivity contribution is -0.122. The third kappa shape index (κ3) is 4.94. The van der Waals surface area contributed by atoms with E-state index in [1.807, 2.05) is 13.8 Å². The number of carbonyl (C=O) groups excluding carboxylic acids is 1. The maximum Gasteiger partial charge on any atom is 0.234 e. The molecule has 16 heavy (non-hydrogen) atoms. The van der Waals surface area contributed by atoms with Gasteiger partial charge in [0.15, 0.2) is 0 Å². The van der Waals surface area contributed by atoms with Crippen LogP contribution in [0.5, 0.6) is 0 Å². The molecule has 1 amide bonds. The van der Waals surface area contributed by atoms with Gasteiger partial charge in [0.1, 0.15) is 0 Å². The van der Waals surface area contributed by atoms with Crippen LogP contribution >= 0.6 is 0 Å². The summed E-state index contributed by atoms with van der Waals surface area (Å²) in [4.78, 5) is 11.7. The van der Waals surface area contributed by atoms with Crippen molar-refractivity contribution in [2.75, 3.05) is 19.8 Å². The molecule has 0 spiro atoms. The number of amides is 1. The molecule has 0 aromatic heterocycles. The highest BCUT2D eigenvalue weighted by Gasteiger charge is 2.19. The van der Waals surface area contributed by atoms with Crippen LogP contribution in [-0.4, -0.2) is 37.2 Å². The molecule has 94 valence electrons. The topological polar surface area (TPSA) is 50.4 Å². The van der Waals surface area contributed by atoms with Gasteiger partial charge < -0.3 is 15.4 Å². The van der Waals surface area contributed by atoms with E-state index in [0.29, 0.717) is 12.6 Å². The Labute approximate surface area is 98.1 Å². The molecule has 0 aromatic carbocycles. The first kappa shape index (κ1) is 13.5. The fourth-order valence-electron chi connectivity index (χ4n) is 1.65. The Hall–Kier alpha value is -0.610. The Balaban J connectivity index is 2.19. The van der Waals surface area contributed by atoms with Crippen molar-refractivity contribution in [1.29, 1.82) is 0 Å². The molecule has 1 saturated heterocycles. The molecule has 1 fully saturated rings. The molecule has 0 bridgehead atoms. The van der Waals surface area contributed by atoms with Gasteiger partial charge in [-0.25, -0.2) is 0 Å². The van der Waals surface area contributed by atoms with E-state index < -0.39 is 0 Å². The molecule has 4 nitrogen and oxygen atoms in total. The third-order valence-corrected chi connectivity index (χ3v) is 3.13. The van der Waals surface area contributed by atoms with Gasteiger partial charge in [-0.15, -0.1) is 0 Å². The largest absolute Gasteiger partial charge is 0.381 e. The summed E-state index contributed by atoms with van der Waals surface area (Å²) in [5, 5.41) is 6.29. The number of nitrogens with one attached hydrogen (secondary N) is 2. The van der Waals surface area contributed by atoms with E-state index in [1.54, 1.807) is 0 Å². The highest BCUT2D eigenvalue weighted by molar-refractivity contribution is 5.78. The lowest BCUT2D eigenvalue weighted by atomic mass is 10.0. The van der Waals surface area contributed by atoms with Crippen LogP contribution in [-0.2, 0) is 9.53 Å². The number of carbonyl (C=O) groups is 1. The fourth-order valence-corrected chi connectivity index (χ4v) is 1.65. The lowest BCUT2D eigenvalue weighted by Gasteiger charge is -2.26. The summed E-state index contributed by atoms with van der Waals surface area (Å²) in [5.41, 5.74) is -0.103. The Morgan fingerprint density at radius 2 is 2.00 bits per heavy atom. The van der Waals surface area contributed by atoms with Crippen molar-refractivity contribution >= 4 is 5.91 Å². The second-order valence-corrected chi connectivity index (χ2v) is 5.05. The van der Waals surface area contributed by atoms with Crippen molar-refractivity contribution in [3.05, 3.63) is 0 Å². The Morgan fingerprint density at radius 3 is 2.56 bits per heavy atom. The molecular formula is C12H24N2O2. The second-order valence-electron chi connectivity index (χ2n) is 5.05. The summed E-state index contributed by atoms with van der Waals surface area (Å²) in [6.07, 6.45) is 2.95. The van der Waals surface area contributed by atoms with Crippen LogP contribution in [0.25, 0.3) is 0 Å². The van der Waals surface area contributed by atoms with Crippen LogP contribution in [0.2, 0.25) is 0 Å². The summed E-state index contributed by atoms with van der Waals surface area (Å²) < 4.78 is 5.26. The maximum absolute atomic E-state index is 11.7. The van der Waals surface area contributed by atoms with Crippen molar-refractivity contribution in [2.24, 2.45) is 0 Å². The predicted molar refractivity (Wildman–Crippen MR) is 64.4 cm³/mol. The van der Waals surface area contributed by atoms with Crippen molar-refractivity contribution in [1.82, 2.24) is 10.6 Å². The first-order valence-corrected chi connectivity index (χ1v) is 6.15. The predicted octanol–water partition coefficient (Wildman–Crippen LogP) is 1.06. The third-order valence-electron chi connectivity index (χ3n) is 3.13. The molecule has 1 aliphatic heterocycles. The van der Waals surface area contributed by atoms with E-state index in [9.17, 15) is 4.79 Å². The van der Waals surface area contributed by atoms with Crippen LogP contribution in [0.4, 0.5) is 0 Å². The Kier molecular flexibility index (Phi) is 5.22. The van der Waals surface area contributed by atoms with E-state index in [0.717, 1.165) is 32.5 Å². The second kappa shape index (κ2) is 6.21. The molecular weight excluding hydrogens is 204 g/mol. The molecule has 0 unspecified atom stereocenters. The van der Waals surface area contributed by atoms with Crippen LogP contribution in [0.1, 0.15) is 40.0 Å². The van der Waals surface area contributed by atoms with E-state index in [-0.39, 0.29) is 11.4 Å². The Morgan fingerprint density at radius 1 is 1.38 bits per heavy atom. The van der Waals surface area contributed by atoms with Gasteiger partial charge in [0, 0.05) is 24.8 Å². The van der Waals surface area contributed by atoms with E-state index in [4.69, 9.17) is 4.74 Å². The maximum atomic E-state index is 11.7. The number of ether oxygens (including phenoxy) is 1. The number of hydrogen-bond acceptors (Lipinski definition) is 3. The van der Waals surface area contributed by atoms with Gasteiger partial charge in [-0.05, 0) is 33.1 Å². The molecule has 0 saturated carbocycles. The van der Waals surface area contributed by atoms with Crippen molar-refractivity contribution in [3.63, 3.8) is 0 Å². The smallest absolute Gasteiger partial charge is 0.234 e. The van der Waals surface area contributed by atoms with E-state index in [2.05, 4.69) is 17.6 Å². The average molecular weight is 228 g/mol. The molecule has 1 rings (SSSR count). The highest BCUT2D eigenvalue weighted by Crippen LogP contribution is 2.07. The summed E-state index contributed by atoms with van der Waals surface area (Å²) in [6.45, 7) is 8.18. The number of hydrogen-bond donors (Lipinski definition) is 2. The zero-order chi connectivity index (χ0) is 12.0. The van der Waals surface area contributed by atoms with Gasteiger partial charge >= 0.3 is 0 Å². The van der Waals surface area contributed by atoms with Gasteiger partial charge in [-0.1, -0.05) is 6.92 Å². The van der Waals surface area contributed by atoms with Gasteiger partial charge in [-0.3, -0.25) is 4.79 Å². The van der Waals surface area contributed by atoms with Crippen molar-refractivity contribution < 1.29 is 9.53 Å². The minimum Gasteiger partial charge on any atom is -0.381 e. The minimum atomic E-state index is -0.103. The number of rotatable bonds is 5. The van der Waals surface area contributed by atoms with Crippen molar-refractivity contribution in [3.8, 4) is 0 Å². The average Bonchev–Trinajstić information content (AvgIpc) is 2.27. The van der Waals surface area contributed by atoms with Crippen LogP contribution < -0.4 is 10.6 Å². The standard InChI is InChI=1S/C12H24N2O2/c1-4-12(2,3)14-11(15)9-13-10-5-7-16-8-6-10/h10,13H,4-9H2,1-3H3,(H,14,15). The van der Waals surface area contributed by atoms with Crippen LogP contribution in [0.15, 0.2) is 0 Å². The zero-order valence-electron chi connectivity index (χ0n) is 10.6. The molecule has 0 aliphatic carbocycles. The quantitative estimate of drug-likeness (QED) is 0.740. The summed E-state index contributed by atoms with van der Waals surface area (Å²) >= 11 is 0. The first-order chi connectivity index (χ1) is 7.53. The molecule has 0 aromatic rings. The molecule has 1 aliphatic rings. The molecule has 0 radical (unpaired) electrons. The highest BCUT2D eigenvalue weighted by atomic mass is 16.5. The Bertz CT molecular complexity index is 223. The van der Waals surface area contributed by atoms with Crippen LogP contribution in [0.3, 0.4) is 0 Å². The van der Waals surface area contributed by atoms with Gasteiger partial charge in [0.2, 0.25) is 5.91 Å². The molecule has 0 atom stereocenters. The summed E-state index contributed by atoms with van der Waals surface area (Å²) in [5.74, 6) is 0.0818. The van der Waals surface area contributed by atoms with Gasteiger partial charge in [-0.2, -0.15) is 0 Å². The van der Waals surface area contributed by atoms with Gasteiger partial charge in [0.25, 0.3) is 0 Å². The lowest BCUT2D eigenvalue weighted by Crippen LogP contribution is -2.48. The van der Waals surface area contributed by atoms with E-state index in [1.165, 1.54) is 0 Å². The van der Waals surface area contributed by atoms with E-state index >= 15 is 0 Å². The molecule has 4 heteroatoms. The fraction of sp³-hybridized carbons (Fsp3) is 0.917. The molecule has 1 heterocycles. The summed E-state index contributed by atoms with van der Waals surface area (Å²) in [6, 6.07) is 0.434. The first-order valence-electron chi connectivity index (χ1n) is 6.15. The zero-order valence-corrected chi connectivity index (χ0v) is 10.6. The SMILES string of the molecule is CCC(C)(C)NC(=O)CNC1CCOCC1. The summed E-state index contributed by atoms with van der Waals surface area (Å²) in [7, 11) is 0. The van der Waals surface area contributed by atoms with Crippen LogP contribution in [0, 0.1) is 0 Å². The minimum absolute atomic E-state index is 0.0818. The normalized spacial score (nSPS) is 18.4.